The van der Waals surface area contributed by atoms with Crippen molar-refractivity contribution in [2.24, 2.45) is 0 Å². The Morgan fingerprint density at radius 3 is 2.00 bits per heavy atom. The van der Waals surface area contributed by atoms with Crippen LogP contribution in [0.5, 0.6) is 0 Å². The molecule has 0 aromatic heterocycles. The fourth-order valence-corrected chi connectivity index (χ4v) is 8.58. The van der Waals surface area contributed by atoms with Crippen molar-refractivity contribution >= 4 is 40.6 Å². The third-order valence-electron chi connectivity index (χ3n) is 5.17. The Morgan fingerprint density at radius 2 is 1.57 bits per heavy atom. The summed E-state index contributed by atoms with van der Waals surface area (Å²) < 4.78 is 12.5. The molecular weight excluding hydrogens is 456 g/mol. The molecule has 0 radical (unpaired) electrons. The third kappa shape index (κ3) is 4.74. The van der Waals surface area contributed by atoms with Gasteiger partial charge in [-0.3, -0.25) is 0 Å². The maximum atomic E-state index is 11.5. The number of carbonyl (C=O) groups is 1. The van der Waals surface area contributed by atoms with Crippen LogP contribution in [0.15, 0.2) is 94.7 Å². The summed E-state index contributed by atoms with van der Waals surface area (Å²) in [6, 6.07) is 21.2. The summed E-state index contributed by atoms with van der Waals surface area (Å²) in [6.45, 7) is 9.24. The second kappa shape index (κ2) is 9.29. The van der Waals surface area contributed by atoms with Crippen molar-refractivity contribution < 1.29 is 14.0 Å². The monoisotopic (exact) mass is 482 g/mol. The molecule has 156 valence electrons. The first-order valence-electron chi connectivity index (χ1n) is 9.97. The van der Waals surface area contributed by atoms with Crippen LogP contribution in [-0.4, -0.2) is 20.9 Å². The minimum absolute atomic E-state index is 0.0650. The number of halogens is 1. The lowest BCUT2D eigenvalue weighted by molar-refractivity contribution is -0.132. The van der Waals surface area contributed by atoms with Crippen molar-refractivity contribution in [1.82, 2.24) is 0 Å². The molecule has 1 aliphatic heterocycles. The van der Waals surface area contributed by atoms with Gasteiger partial charge in [0.1, 0.15) is 10.2 Å². The standard InChI is InChI=1S/C25H27BrO3Si/c1-19(17-20-18-23(26)24(27)29-20)15-16-28-30(25(2,3)4,21-11-7-5-8-12-21)22-13-9-6-10-14-22/h5-15,17-18H,16H2,1-4H3/b19-15+,20-17-. The average Bonchev–Trinajstić information content (AvgIpc) is 3.02. The summed E-state index contributed by atoms with van der Waals surface area (Å²) in [5.74, 6) is 0.170. The van der Waals surface area contributed by atoms with Crippen molar-refractivity contribution in [2.45, 2.75) is 32.7 Å². The normalized spacial score (nSPS) is 16.6. The van der Waals surface area contributed by atoms with Crippen LogP contribution in [0.1, 0.15) is 27.7 Å². The van der Waals surface area contributed by atoms with Crippen LogP contribution >= 0.6 is 15.9 Å². The molecule has 0 unspecified atom stereocenters. The number of allylic oxidation sites excluding steroid dienone is 3. The lowest BCUT2D eigenvalue weighted by atomic mass is 10.2. The Labute approximate surface area is 188 Å². The lowest BCUT2D eigenvalue weighted by Gasteiger charge is -2.42. The van der Waals surface area contributed by atoms with E-state index in [9.17, 15) is 4.79 Å². The summed E-state index contributed by atoms with van der Waals surface area (Å²) in [7, 11) is -2.55. The molecule has 1 aliphatic rings. The molecule has 1 heterocycles. The average molecular weight is 483 g/mol. The number of ether oxygens (including phenoxy) is 1. The molecule has 0 saturated heterocycles. The van der Waals surface area contributed by atoms with Gasteiger partial charge in [-0.2, -0.15) is 0 Å². The van der Waals surface area contributed by atoms with Gasteiger partial charge in [-0.05, 0) is 49.9 Å². The van der Waals surface area contributed by atoms with Crippen LogP contribution < -0.4 is 10.4 Å². The van der Waals surface area contributed by atoms with Crippen LogP contribution in [-0.2, 0) is 14.0 Å². The maximum Gasteiger partial charge on any atom is 0.350 e. The van der Waals surface area contributed by atoms with E-state index in [0.717, 1.165) is 5.57 Å². The van der Waals surface area contributed by atoms with E-state index >= 15 is 0 Å². The molecule has 0 N–H and O–H groups in total. The Morgan fingerprint density at radius 1 is 1.03 bits per heavy atom. The molecule has 3 nitrogen and oxygen atoms in total. The first-order valence-corrected chi connectivity index (χ1v) is 12.7. The molecule has 2 aromatic rings. The van der Waals surface area contributed by atoms with Crippen LogP contribution in [0, 0.1) is 0 Å². The van der Waals surface area contributed by atoms with Crippen molar-refractivity contribution in [3.63, 3.8) is 0 Å². The molecule has 0 bridgehead atoms. The smallest absolute Gasteiger partial charge is 0.350 e. The molecular formula is C25H27BrO3Si. The summed E-state index contributed by atoms with van der Waals surface area (Å²) in [6.07, 6.45) is 5.57. The summed E-state index contributed by atoms with van der Waals surface area (Å²) in [5, 5.41) is 2.44. The van der Waals surface area contributed by atoms with E-state index in [4.69, 9.17) is 9.16 Å². The highest BCUT2D eigenvalue weighted by molar-refractivity contribution is 9.12. The van der Waals surface area contributed by atoms with Crippen LogP contribution in [0.25, 0.3) is 0 Å². The highest BCUT2D eigenvalue weighted by atomic mass is 79.9. The van der Waals surface area contributed by atoms with Gasteiger partial charge in [0.05, 0.1) is 6.61 Å². The number of benzene rings is 2. The zero-order valence-electron chi connectivity index (χ0n) is 17.8. The van der Waals surface area contributed by atoms with Gasteiger partial charge >= 0.3 is 5.97 Å². The number of hydrogen-bond donors (Lipinski definition) is 0. The van der Waals surface area contributed by atoms with Gasteiger partial charge in [-0.15, -0.1) is 0 Å². The fourth-order valence-electron chi connectivity index (χ4n) is 3.78. The number of esters is 1. The molecule has 5 heteroatoms. The largest absolute Gasteiger partial charge is 0.422 e. The summed E-state index contributed by atoms with van der Waals surface area (Å²) in [5.41, 5.74) is 0.981. The molecule has 0 spiro atoms. The van der Waals surface area contributed by atoms with Gasteiger partial charge in [0, 0.05) is 6.08 Å². The van der Waals surface area contributed by atoms with Crippen molar-refractivity contribution in [3.8, 4) is 0 Å². The van der Waals surface area contributed by atoms with Crippen molar-refractivity contribution in [1.29, 1.82) is 0 Å². The highest BCUT2D eigenvalue weighted by Gasteiger charge is 2.49. The van der Waals surface area contributed by atoms with E-state index in [-0.39, 0.29) is 11.0 Å². The molecule has 0 saturated carbocycles. The minimum Gasteiger partial charge on any atom is -0.422 e. The lowest BCUT2D eigenvalue weighted by Crippen LogP contribution is -2.66. The summed E-state index contributed by atoms with van der Waals surface area (Å²) in [4.78, 5) is 11.5. The van der Waals surface area contributed by atoms with Gasteiger partial charge in [-0.1, -0.05) is 87.5 Å². The zero-order valence-corrected chi connectivity index (χ0v) is 20.4. The Kier molecular flexibility index (Phi) is 6.96. The van der Waals surface area contributed by atoms with Crippen LogP contribution in [0.2, 0.25) is 5.04 Å². The molecule has 30 heavy (non-hydrogen) atoms. The summed E-state index contributed by atoms with van der Waals surface area (Å²) >= 11 is 3.19. The zero-order chi connectivity index (χ0) is 21.8. The molecule has 0 fully saturated rings. The van der Waals surface area contributed by atoms with E-state index in [1.165, 1.54) is 10.4 Å². The maximum absolute atomic E-state index is 11.5. The third-order valence-corrected chi connectivity index (χ3v) is 10.7. The molecule has 0 amide bonds. The first kappa shape index (κ1) is 22.5. The van der Waals surface area contributed by atoms with Crippen molar-refractivity contribution in [2.75, 3.05) is 6.61 Å². The predicted molar refractivity (Wildman–Crippen MR) is 129 cm³/mol. The van der Waals surface area contributed by atoms with Gasteiger partial charge in [-0.25, -0.2) is 4.79 Å². The van der Waals surface area contributed by atoms with Gasteiger partial charge in [0.2, 0.25) is 0 Å². The quantitative estimate of drug-likeness (QED) is 0.417. The molecule has 3 rings (SSSR count). The second-order valence-corrected chi connectivity index (χ2v) is 13.5. The van der Waals surface area contributed by atoms with E-state index in [0.29, 0.717) is 16.8 Å². The number of hydrogen-bond acceptors (Lipinski definition) is 3. The highest BCUT2D eigenvalue weighted by Crippen LogP contribution is 2.36. The molecule has 2 aromatic carbocycles. The van der Waals surface area contributed by atoms with E-state index in [1.54, 1.807) is 6.08 Å². The Bertz CT molecular complexity index is 947. The fraction of sp³-hybridized carbons (Fsp3) is 0.240. The van der Waals surface area contributed by atoms with Crippen molar-refractivity contribution in [3.05, 3.63) is 94.7 Å². The van der Waals surface area contributed by atoms with Gasteiger partial charge in [0.15, 0.2) is 0 Å². The van der Waals surface area contributed by atoms with E-state index in [1.807, 2.05) is 31.2 Å². The Balaban J connectivity index is 1.94. The Hall–Kier alpha value is -2.21. The van der Waals surface area contributed by atoms with E-state index < -0.39 is 8.32 Å². The molecule has 0 aliphatic carbocycles. The SMILES string of the molecule is CC(/C=C1/C=C(Br)C(=O)O1)=C\CO[Si](c1ccccc1)(c1ccccc1)C(C)(C)C. The van der Waals surface area contributed by atoms with Crippen LogP contribution in [0.4, 0.5) is 0 Å². The number of carbonyl (C=O) groups excluding carboxylic acids is 1. The number of cyclic esters (lactones) is 1. The predicted octanol–water partition coefficient (Wildman–Crippen LogP) is 5.23. The van der Waals surface area contributed by atoms with E-state index in [2.05, 4.69) is 85.2 Å². The number of rotatable bonds is 6. The second-order valence-electron chi connectivity index (χ2n) is 8.35. The topological polar surface area (TPSA) is 35.5 Å². The molecule has 0 atom stereocenters. The van der Waals surface area contributed by atoms with Gasteiger partial charge in [0.25, 0.3) is 8.32 Å². The van der Waals surface area contributed by atoms with Gasteiger partial charge < -0.3 is 9.16 Å². The minimum atomic E-state index is -2.55. The first-order chi connectivity index (χ1) is 14.2. The van der Waals surface area contributed by atoms with Crippen LogP contribution in [0.3, 0.4) is 0 Å².